The summed E-state index contributed by atoms with van der Waals surface area (Å²) in [5.41, 5.74) is 2.22. The number of carbonyl (C=O) groups excluding carboxylic acids is 2. The number of amides is 1. The van der Waals surface area contributed by atoms with Crippen LogP contribution in [0, 0.1) is 5.92 Å². The van der Waals surface area contributed by atoms with Crippen molar-refractivity contribution in [2.24, 2.45) is 5.92 Å². The first-order valence-electron chi connectivity index (χ1n) is 9.23. The van der Waals surface area contributed by atoms with Gasteiger partial charge in [-0.3, -0.25) is 9.59 Å². The van der Waals surface area contributed by atoms with Crippen molar-refractivity contribution in [3.05, 3.63) is 59.7 Å². The van der Waals surface area contributed by atoms with Crippen molar-refractivity contribution in [1.82, 2.24) is 0 Å². The van der Waals surface area contributed by atoms with Crippen LogP contribution in [0.1, 0.15) is 48.0 Å². The van der Waals surface area contributed by atoms with E-state index < -0.39 is 0 Å². The number of hydrogen-bond donors (Lipinski definition) is 1. The molecule has 1 aliphatic carbocycles. The van der Waals surface area contributed by atoms with Crippen LogP contribution in [0.25, 0.3) is 0 Å². The molecule has 1 fully saturated rings. The molecule has 0 atom stereocenters. The summed E-state index contributed by atoms with van der Waals surface area (Å²) in [6.07, 6.45) is 7.71. The molecular formula is C22H25NO2S. The number of para-hydroxylation sites is 1. The highest BCUT2D eigenvalue weighted by Crippen LogP contribution is 2.26. The number of rotatable bonds is 6. The molecular weight excluding hydrogens is 342 g/mol. The molecule has 0 unspecified atom stereocenters. The Hall–Kier alpha value is -2.07. The molecule has 0 radical (unpaired) electrons. The average Bonchev–Trinajstić information content (AvgIpc) is 2.69. The molecule has 26 heavy (non-hydrogen) atoms. The van der Waals surface area contributed by atoms with Crippen LogP contribution in [0.5, 0.6) is 0 Å². The Balaban J connectivity index is 1.73. The number of thioether (sulfide) groups is 1. The molecule has 0 aromatic heterocycles. The molecule has 2 aromatic carbocycles. The fraction of sp³-hybridized carbons (Fsp3) is 0.364. The Kier molecular flexibility index (Phi) is 6.51. The summed E-state index contributed by atoms with van der Waals surface area (Å²) in [6.45, 7) is 0. The highest BCUT2D eigenvalue weighted by Gasteiger charge is 2.22. The monoisotopic (exact) mass is 367 g/mol. The minimum Gasteiger partial charge on any atom is -0.325 e. The lowest BCUT2D eigenvalue weighted by Crippen LogP contribution is -2.25. The number of Topliss-reactive ketones (excluding diaryl/α,β-unsaturated/α-hetero) is 1. The summed E-state index contributed by atoms with van der Waals surface area (Å²) in [4.78, 5) is 26.5. The van der Waals surface area contributed by atoms with Crippen molar-refractivity contribution in [3.63, 3.8) is 0 Å². The van der Waals surface area contributed by atoms with Crippen molar-refractivity contribution in [2.45, 2.75) is 43.4 Å². The van der Waals surface area contributed by atoms with Gasteiger partial charge in [0.1, 0.15) is 0 Å². The SMILES string of the molecule is CSc1cccc(CC(=O)c2ccccc2NC(=O)C2CCCCC2)c1. The smallest absolute Gasteiger partial charge is 0.227 e. The van der Waals surface area contributed by atoms with E-state index in [1.54, 1.807) is 17.8 Å². The summed E-state index contributed by atoms with van der Waals surface area (Å²) in [5.74, 6) is 0.155. The first kappa shape index (κ1) is 18.7. The molecule has 0 spiro atoms. The topological polar surface area (TPSA) is 46.2 Å². The second-order valence-electron chi connectivity index (χ2n) is 6.82. The van der Waals surface area contributed by atoms with Crippen molar-refractivity contribution in [2.75, 3.05) is 11.6 Å². The van der Waals surface area contributed by atoms with Crippen LogP contribution >= 0.6 is 11.8 Å². The molecule has 3 nitrogen and oxygen atoms in total. The fourth-order valence-electron chi connectivity index (χ4n) is 3.50. The van der Waals surface area contributed by atoms with E-state index in [9.17, 15) is 9.59 Å². The molecule has 3 rings (SSSR count). The highest BCUT2D eigenvalue weighted by molar-refractivity contribution is 7.98. The van der Waals surface area contributed by atoms with E-state index in [1.165, 1.54) is 6.42 Å². The van der Waals surface area contributed by atoms with Gasteiger partial charge in [0.05, 0.1) is 5.69 Å². The van der Waals surface area contributed by atoms with E-state index in [-0.39, 0.29) is 17.6 Å². The zero-order valence-electron chi connectivity index (χ0n) is 15.2. The van der Waals surface area contributed by atoms with Crippen LogP contribution in [0.2, 0.25) is 0 Å². The van der Waals surface area contributed by atoms with Gasteiger partial charge in [-0.2, -0.15) is 0 Å². The molecule has 0 aliphatic heterocycles. The van der Waals surface area contributed by atoms with Gasteiger partial charge in [0.15, 0.2) is 5.78 Å². The molecule has 0 bridgehead atoms. The van der Waals surface area contributed by atoms with Gasteiger partial charge in [0.2, 0.25) is 5.91 Å². The Morgan fingerprint density at radius 3 is 2.58 bits per heavy atom. The number of carbonyl (C=O) groups is 2. The standard InChI is InChI=1S/C22H25NO2S/c1-26-18-11-7-8-16(14-18)15-21(24)19-12-5-6-13-20(19)23-22(25)17-9-3-2-4-10-17/h5-8,11-14,17H,2-4,9-10,15H2,1H3,(H,23,25). The third-order valence-corrected chi connectivity index (χ3v) is 5.69. The van der Waals surface area contributed by atoms with E-state index in [0.717, 1.165) is 36.1 Å². The van der Waals surface area contributed by atoms with E-state index in [4.69, 9.17) is 0 Å². The predicted molar refractivity (Wildman–Crippen MR) is 108 cm³/mol. The van der Waals surface area contributed by atoms with Crippen molar-refractivity contribution < 1.29 is 9.59 Å². The number of ketones is 1. The number of anilines is 1. The number of hydrogen-bond acceptors (Lipinski definition) is 3. The maximum Gasteiger partial charge on any atom is 0.227 e. The van der Waals surface area contributed by atoms with E-state index in [2.05, 4.69) is 5.32 Å². The highest BCUT2D eigenvalue weighted by atomic mass is 32.2. The minimum atomic E-state index is 0.0304. The van der Waals surface area contributed by atoms with Crippen LogP contribution in [0.4, 0.5) is 5.69 Å². The molecule has 0 heterocycles. The summed E-state index contributed by atoms with van der Waals surface area (Å²) >= 11 is 1.66. The second-order valence-corrected chi connectivity index (χ2v) is 7.70. The average molecular weight is 368 g/mol. The largest absolute Gasteiger partial charge is 0.325 e. The van der Waals surface area contributed by atoms with Crippen LogP contribution in [-0.4, -0.2) is 17.9 Å². The third-order valence-electron chi connectivity index (χ3n) is 4.96. The molecule has 2 aromatic rings. The lowest BCUT2D eigenvalue weighted by Gasteiger charge is -2.21. The summed E-state index contributed by atoms with van der Waals surface area (Å²) in [6, 6.07) is 15.4. The summed E-state index contributed by atoms with van der Waals surface area (Å²) in [7, 11) is 0. The fourth-order valence-corrected chi connectivity index (χ4v) is 3.98. The lowest BCUT2D eigenvalue weighted by atomic mass is 9.88. The molecule has 4 heteroatoms. The van der Waals surface area contributed by atoms with E-state index in [1.807, 2.05) is 48.7 Å². The van der Waals surface area contributed by atoms with E-state index in [0.29, 0.717) is 17.7 Å². The van der Waals surface area contributed by atoms with Gasteiger partial charge in [0.25, 0.3) is 0 Å². The zero-order chi connectivity index (χ0) is 18.4. The van der Waals surface area contributed by atoms with Gasteiger partial charge in [-0.1, -0.05) is 43.5 Å². The Morgan fingerprint density at radius 1 is 1.04 bits per heavy atom. The first-order chi connectivity index (χ1) is 12.7. The minimum absolute atomic E-state index is 0.0304. The quantitative estimate of drug-likeness (QED) is 0.553. The summed E-state index contributed by atoms with van der Waals surface area (Å²) < 4.78 is 0. The zero-order valence-corrected chi connectivity index (χ0v) is 16.0. The van der Waals surface area contributed by atoms with Gasteiger partial charge in [0, 0.05) is 22.8 Å². The maximum absolute atomic E-state index is 12.8. The maximum atomic E-state index is 12.8. The normalized spacial score (nSPS) is 14.8. The Morgan fingerprint density at radius 2 is 1.81 bits per heavy atom. The van der Waals surface area contributed by atoms with Gasteiger partial charge in [-0.15, -0.1) is 11.8 Å². The predicted octanol–water partition coefficient (Wildman–Crippen LogP) is 5.35. The van der Waals surface area contributed by atoms with Crippen molar-refractivity contribution in [3.8, 4) is 0 Å². The van der Waals surface area contributed by atoms with Crippen LogP contribution in [0.15, 0.2) is 53.4 Å². The molecule has 0 saturated heterocycles. The van der Waals surface area contributed by atoms with Gasteiger partial charge in [-0.25, -0.2) is 0 Å². The van der Waals surface area contributed by atoms with E-state index >= 15 is 0 Å². The molecule has 1 saturated carbocycles. The van der Waals surface area contributed by atoms with Gasteiger partial charge < -0.3 is 5.32 Å². The lowest BCUT2D eigenvalue weighted by molar-refractivity contribution is -0.120. The Bertz CT molecular complexity index is 781. The van der Waals surface area contributed by atoms with Crippen LogP contribution in [0.3, 0.4) is 0 Å². The molecule has 1 amide bonds. The van der Waals surface area contributed by atoms with Gasteiger partial charge >= 0.3 is 0 Å². The number of benzene rings is 2. The van der Waals surface area contributed by atoms with Crippen LogP contribution < -0.4 is 5.32 Å². The molecule has 136 valence electrons. The molecule has 1 N–H and O–H groups in total. The summed E-state index contributed by atoms with van der Waals surface area (Å²) in [5, 5.41) is 3.01. The Labute approximate surface area is 159 Å². The van der Waals surface area contributed by atoms with Gasteiger partial charge in [-0.05, 0) is 48.9 Å². The van der Waals surface area contributed by atoms with Crippen molar-refractivity contribution in [1.29, 1.82) is 0 Å². The third kappa shape index (κ3) is 4.76. The first-order valence-corrected chi connectivity index (χ1v) is 10.5. The second kappa shape index (κ2) is 9.04. The molecule has 1 aliphatic rings. The van der Waals surface area contributed by atoms with Crippen molar-refractivity contribution >= 4 is 29.1 Å². The number of nitrogens with one attached hydrogen (secondary N) is 1. The van der Waals surface area contributed by atoms with Crippen LogP contribution in [-0.2, 0) is 11.2 Å².